The first-order valence-corrected chi connectivity index (χ1v) is 25.6. The van der Waals surface area contributed by atoms with Gasteiger partial charge in [-0.1, -0.05) is 23.7 Å². The van der Waals surface area contributed by atoms with Crippen LogP contribution in [0, 0.1) is 25.5 Å². The van der Waals surface area contributed by atoms with Crippen LogP contribution in [-0.4, -0.2) is 97.4 Å². The Morgan fingerprint density at radius 2 is 1.05 bits per heavy atom. The van der Waals surface area contributed by atoms with Crippen molar-refractivity contribution in [3.05, 3.63) is 149 Å². The van der Waals surface area contributed by atoms with Crippen LogP contribution in [0.25, 0.3) is 44.6 Å². The van der Waals surface area contributed by atoms with Crippen LogP contribution in [0.4, 0.5) is 48.6 Å². The van der Waals surface area contributed by atoms with Gasteiger partial charge in [0.05, 0.1) is 70.9 Å². The van der Waals surface area contributed by atoms with E-state index in [-0.39, 0.29) is 23.4 Å². The highest BCUT2D eigenvalue weighted by atomic mass is 35.5. The van der Waals surface area contributed by atoms with Gasteiger partial charge < -0.3 is 40.1 Å². The second-order valence-corrected chi connectivity index (χ2v) is 19.1. The number of benzene rings is 4. The smallest absolute Gasteiger partial charge is 0.227 e. The van der Waals surface area contributed by atoms with Crippen molar-refractivity contribution in [3.63, 3.8) is 0 Å². The first-order valence-electron chi connectivity index (χ1n) is 25.2. The summed E-state index contributed by atoms with van der Waals surface area (Å²) in [7, 11) is 0. The molecular weight excluding hydrogens is 974 g/mol. The average Bonchev–Trinajstić information content (AvgIpc) is 4.08. The number of pyridine rings is 4. The molecule has 4 aromatic heterocycles. The van der Waals surface area contributed by atoms with Gasteiger partial charge in [0.2, 0.25) is 11.8 Å². The molecule has 0 radical (unpaired) electrons. The van der Waals surface area contributed by atoms with E-state index in [1.54, 1.807) is 24.5 Å². The van der Waals surface area contributed by atoms with E-state index in [0.29, 0.717) is 65.7 Å². The molecule has 0 unspecified atom stereocenters. The highest BCUT2D eigenvalue weighted by Crippen LogP contribution is 2.39. The highest BCUT2D eigenvalue weighted by molar-refractivity contribution is 6.36. The lowest BCUT2D eigenvalue weighted by molar-refractivity contribution is -0.117. The maximum absolute atomic E-state index is 14.2. The largest absolute Gasteiger partial charge is 0.399 e. The molecule has 4 aliphatic rings. The van der Waals surface area contributed by atoms with Crippen molar-refractivity contribution >= 4 is 85.0 Å². The molecule has 4 aliphatic heterocycles. The van der Waals surface area contributed by atoms with Gasteiger partial charge in [-0.05, 0) is 117 Å². The van der Waals surface area contributed by atoms with E-state index in [0.717, 1.165) is 126 Å². The fourth-order valence-electron chi connectivity index (χ4n) is 9.88. The number of morpholine rings is 2. The van der Waals surface area contributed by atoms with E-state index in [9.17, 15) is 18.4 Å². The van der Waals surface area contributed by atoms with Crippen molar-refractivity contribution in [2.24, 2.45) is 0 Å². The number of carbonyl (C=O) groups excluding carboxylic acids is 2. The number of nitrogens with two attached hydrogens (primary N) is 1. The third kappa shape index (κ3) is 11.5. The number of hydrogen-bond acceptors (Lipinski definition) is 12. The van der Waals surface area contributed by atoms with Gasteiger partial charge in [-0.2, -0.15) is 0 Å². The van der Waals surface area contributed by atoms with Crippen LogP contribution in [0.3, 0.4) is 0 Å². The number of nitrogens with zero attached hydrogens (tertiary/aromatic N) is 8. The molecule has 0 atom stereocenters. The molecule has 3 N–H and O–H groups in total. The van der Waals surface area contributed by atoms with Crippen molar-refractivity contribution < 1.29 is 27.8 Å². The third-order valence-electron chi connectivity index (χ3n) is 13.7. The SMILES string of the molecule is Cc1c(-c2ccccn2)nc2cc(F)ccc2c1Cl.Cc1c(-c2ccccn2)nc2cc(F)ccc2c1Nc1cc(N2CCOCC2)cc(N2CCCC2=O)c1.Nc1cc(N2CCOCC2)cc(N2CCCC2=O)c1. The number of aromatic nitrogens is 4. The zero-order valence-electron chi connectivity index (χ0n) is 41.9. The highest BCUT2D eigenvalue weighted by Gasteiger charge is 2.26. The average molecular weight is 1030 g/mol. The van der Waals surface area contributed by atoms with E-state index >= 15 is 0 Å². The zero-order chi connectivity index (χ0) is 52.0. The minimum Gasteiger partial charge on any atom is -0.399 e. The van der Waals surface area contributed by atoms with Crippen molar-refractivity contribution in [3.8, 4) is 22.8 Å². The van der Waals surface area contributed by atoms with E-state index in [4.69, 9.17) is 31.8 Å². The van der Waals surface area contributed by atoms with Gasteiger partial charge in [-0.25, -0.2) is 18.7 Å². The van der Waals surface area contributed by atoms with Crippen molar-refractivity contribution in [1.29, 1.82) is 0 Å². The van der Waals surface area contributed by atoms with Crippen LogP contribution in [0.5, 0.6) is 0 Å². The van der Waals surface area contributed by atoms with Crippen LogP contribution < -0.4 is 30.7 Å². The Morgan fingerprint density at radius 1 is 0.573 bits per heavy atom. The summed E-state index contributed by atoms with van der Waals surface area (Å²) >= 11 is 6.34. The lowest BCUT2D eigenvalue weighted by Crippen LogP contribution is -2.36. The lowest BCUT2D eigenvalue weighted by Gasteiger charge is -2.30. The number of fused-ring (bicyclic) bond motifs is 2. The number of carbonyl (C=O) groups is 2. The third-order valence-corrected chi connectivity index (χ3v) is 14.2. The molecule has 8 aromatic rings. The number of nitrogens with one attached hydrogen (secondary N) is 1. The standard InChI is InChI=1S/C29H28FN5O2.C15H10ClFN2.C14H19N3O2/c1-19-28(24-8-7-20(30)15-26(24)33-29(19)25-5-2-3-9-31-25)32-21-16-22(34-11-13-37-14-12-34)18-23(17-21)35-10-4-6-27(35)36;1-9-14(16)11-6-5-10(17)8-13(11)19-15(9)12-4-2-3-7-18-12;15-11-8-12(16-4-6-19-7-5-16)10-13(9-11)17-3-1-2-14(17)18/h2-3,5,7-9,15-18H,4,6,10-14H2,1H3,(H,32,33);2-8H,1H3;8-10H,1-7,15H2. The molecule has 0 aliphatic carbocycles. The summed E-state index contributed by atoms with van der Waals surface area (Å²) in [6.07, 6.45) is 6.42. The fraction of sp³-hybridized carbons (Fsp3) is 0.276. The molecule has 0 saturated carbocycles. The number of ether oxygens (including phenoxy) is 2. The summed E-state index contributed by atoms with van der Waals surface area (Å²) in [5, 5.41) is 5.77. The minimum atomic E-state index is -0.342. The zero-order valence-corrected chi connectivity index (χ0v) is 42.6. The van der Waals surface area contributed by atoms with Crippen LogP contribution in [0.1, 0.15) is 36.8 Å². The summed E-state index contributed by atoms with van der Waals surface area (Å²) in [6.45, 7) is 11.5. The van der Waals surface area contributed by atoms with Crippen LogP contribution in [0.2, 0.25) is 5.02 Å². The Hall–Kier alpha value is -7.79. The summed E-state index contributed by atoms with van der Waals surface area (Å²) in [5.41, 5.74) is 18.0. The summed E-state index contributed by atoms with van der Waals surface area (Å²) in [6, 6.07) is 32.4. The number of amides is 2. The van der Waals surface area contributed by atoms with Crippen LogP contribution in [0.15, 0.2) is 122 Å². The monoisotopic (exact) mass is 1030 g/mol. The van der Waals surface area contributed by atoms with Gasteiger partial charge in [0.15, 0.2) is 0 Å². The molecule has 75 heavy (non-hydrogen) atoms. The Balaban J connectivity index is 0.000000142. The molecule has 4 fully saturated rings. The van der Waals surface area contributed by atoms with Gasteiger partial charge >= 0.3 is 0 Å². The van der Waals surface area contributed by atoms with Crippen LogP contribution in [-0.2, 0) is 19.1 Å². The van der Waals surface area contributed by atoms with Gasteiger partial charge in [-0.3, -0.25) is 19.6 Å². The van der Waals surface area contributed by atoms with Crippen LogP contribution >= 0.6 is 11.6 Å². The van der Waals surface area contributed by atoms with Gasteiger partial charge in [0.1, 0.15) is 11.6 Å². The molecule has 4 aromatic carbocycles. The number of anilines is 7. The first kappa shape index (κ1) is 50.7. The molecule has 17 heteroatoms. The molecule has 8 heterocycles. The fourth-order valence-corrected chi connectivity index (χ4v) is 10.1. The Kier molecular flexibility index (Phi) is 15.4. The predicted octanol–water partition coefficient (Wildman–Crippen LogP) is 11.1. The maximum atomic E-state index is 14.2. The minimum absolute atomic E-state index is 0.142. The maximum Gasteiger partial charge on any atom is 0.227 e. The summed E-state index contributed by atoms with van der Waals surface area (Å²) < 4.78 is 38.4. The summed E-state index contributed by atoms with van der Waals surface area (Å²) in [5.74, 6) is -0.333. The molecule has 0 spiro atoms. The number of rotatable bonds is 8. The number of nitrogen functional groups attached to an aromatic ring is 1. The van der Waals surface area contributed by atoms with E-state index < -0.39 is 0 Å². The lowest BCUT2D eigenvalue weighted by atomic mass is 10.0. The Morgan fingerprint density at radius 3 is 1.57 bits per heavy atom. The number of hydrogen-bond donors (Lipinski definition) is 2. The predicted molar refractivity (Wildman–Crippen MR) is 294 cm³/mol. The number of halogens is 3. The second-order valence-electron chi connectivity index (χ2n) is 18.8. The Labute approximate surface area is 439 Å². The summed E-state index contributed by atoms with van der Waals surface area (Å²) in [4.78, 5) is 50.7. The van der Waals surface area contributed by atoms with Gasteiger partial charge in [0.25, 0.3) is 0 Å². The molecule has 0 bridgehead atoms. The van der Waals surface area contributed by atoms with E-state index in [2.05, 4.69) is 48.3 Å². The quantitative estimate of drug-likeness (QED) is 0.139. The van der Waals surface area contributed by atoms with Crippen molar-refractivity contribution in [2.45, 2.75) is 39.5 Å². The first-order chi connectivity index (χ1) is 36.5. The molecule has 12 rings (SSSR count). The normalized spacial score (nSPS) is 15.7. The van der Waals surface area contributed by atoms with Gasteiger partial charge in [-0.15, -0.1) is 0 Å². The van der Waals surface area contributed by atoms with E-state index in [1.165, 1.54) is 24.3 Å². The van der Waals surface area contributed by atoms with Crippen molar-refractivity contribution in [2.75, 3.05) is 96.3 Å². The van der Waals surface area contributed by atoms with E-state index in [1.807, 2.05) is 78.2 Å². The van der Waals surface area contributed by atoms with Gasteiger partial charge in [0, 0.05) is 127 Å². The molecule has 384 valence electrons. The van der Waals surface area contributed by atoms with Crippen molar-refractivity contribution in [1.82, 2.24) is 19.9 Å². The topological polar surface area (TPSA) is 155 Å². The second kappa shape index (κ2) is 22.8. The Bertz CT molecular complexity index is 3380. The molecule has 2 amide bonds. The molecular formula is C58H57ClF2N10O4. The molecule has 14 nitrogen and oxygen atoms in total. The molecule has 4 saturated heterocycles.